The second-order valence-corrected chi connectivity index (χ2v) is 3.93. The van der Waals surface area contributed by atoms with Gasteiger partial charge in [0, 0.05) is 5.56 Å². The van der Waals surface area contributed by atoms with Gasteiger partial charge in [0.15, 0.2) is 5.82 Å². The molecule has 0 amide bonds. The van der Waals surface area contributed by atoms with E-state index in [-0.39, 0.29) is 6.04 Å². The Morgan fingerprint density at radius 1 is 1.47 bits per heavy atom. The van der Waals surface area contributed by atoms with Crippen molar-refractivity contribution in [2.45, 2.75) is 12.6 Å². The Morgan fingerprint density at radius 2 is 2.35 bits per heavy atom. The summed E-state index contributed by atoms with van der Waals surface area (Å²) in [7, 11) is 1.87. The molecular weight excluding hydrogens is 218 g/mol. The molecule has 0 bridgehead atoms. The third kappa shape index (κ3) is 1.66. The fourth-order valence-corrected chi connectivity index (χ4v) is 2.08. The molecule has 1 aliphatic rings. The Hall–Kier alpha value is -1.95. The van der Waals surface area contributed by atoms with E-state index in [0.29, 0.717) is 13.2 Å². The number of aromatic nitrogens is 4. The SMILES string of the molecule is CNCc1nnnn1C1COc2ccccc21. The van der Waals surface area contributed by atoms with Gasteiger partial charge in [0.05, 0.1) is 6.54 Å². The second-order valence-electron chi connectivity index (χ2n) is 3.93. The van der Waals surface area contributed by atoms with Crippen molar-refractivity contribution in [3.8, 4) is 5.75 Å². The summed E-state index contributed by atoms with van der Waals surface area (Å²) in [6.07, 6.45) is 0. The second kappa shape index (κ2) is 4.14. The van der Waals surface area contributed by atoms with Gasteiger partial charge in [-0.15, -0.1) is 5.10 Å². The number of nitrogens with zero attached hydrogens (tertiary/aromatic N) is 4. The zero-order chi connectivity index (χ0) is 11.7. The van der Waals surface area contributed by atoms with Crippen molar-refractivity contribution < 1.29 is 4.74 Å². The maximum atomic E-state index is 5.63. The van der Waals surface area contributed by atoms with Gasteiger partial charge in [0.2, 0.25) is 0 Å². The molecule has 2 aromatic rings. The lowest BCUT2D eigenvalue weighted by atomic mass is 10.1. The molecule has 0 spiro atoms. The predicted molar refractivity (Wildman–Crippen MR) is 60.7 cm³/mol. The number of fused-ring (bicyclic) bond motifs is 1. The van der Waals surface area contributed by atoms with E-state index in [4.69, 9.17) is 4.74 Å². The molecule has 3 rings (SSSR count). The third-order valence-electron chi connectivity index (χ3n) is 2.87. The Bertz CT molecular complexity index is 524. The minimum atomic E-state index is 0.0737. The summed E-state index contributed by atoms with van der Waals surface area (Å²) in [6, 6.07) is 8.07. The van der Waals surface area contributed by atoms with Gasteiger partial charge in [-0.1, -0.05) is 18.2 Å². The quantitative estimate of drug-likeness (QED) is 0.827. The van der Waals surface area contributed by atoms with E-state index < -0.39 is 0 Å². The molecule has 0 radical (unpaired) electrons. The molecule has 6 heteroatoms. The summed E-state index contributed by atoms with van der Waals surface area (Å²) in [6.45, 7) is 1.23. The van der Waals surface area contributed by atoms with Gasteiger partial charge in [-0.05, 0) is 23.5 Å². The lowest BCUT2D eigenvalue weighted by Crippen LogP contribution is -2.19. The van der Waals surface area contributed by atoms with Crippen LogP contribution in [0.3, 0.4) is 0 Å². The number of ether oxygens (including phenoxy) is 1. The van der Waals surface area contributed by atoms with E-state index in [9.17, 15) is 0 Å². The van der Waals surface area contributed by atoms with Gasteiger partial charge < -0.3 is 10.1 Å². The van der Waals surface area contributed by atoms with E-state index in [1.54, 1.807) is 0 Å². The van der Waals surface area contributed by atoms with Crippen LogP contribution in [-0.4, -0.2) is 33.9 Å². The van der Waals surface area contributed by atoms with E-state index in [0.717, 1.165) is 17.1 Å². The van der Waals surface area contributed by atoms with E-state index in [2.05, 4.69) is 26.9 Å². The molecule has 0 saturated heterocycles. The fraction of sp³-hybridized carbons (Fsp3) is 0.364. The first-order valence-electron chi connectivity index (χ1n) is 5.53. The Labute approximate surface area is 98.6 Å². The van der Waals surface area contributed by atoms with Crippen LogP contribution in [0.2, 0.25) is 0 Å². The van der Waals surface area contributed by atoms with Crippen LogP contribution in [0.4, 0.5) is 0 Å². The summed E-state index contributed by atoms with van der Waals surface area (Å²) in [5.41, 5.74) is 1.14. The fourth-order valence-electron chi connectivity index (χ4n) is 2.08. The normalized spacial score (nSPS) is 17.8. The molecule has 2 heterocycles. The van der Waals surface area contributed by atoms with Crippen LogP contribution in [-0.2, 0) is 6.54 Å². The first kappa shape index (κ1) is 10.2. The van der Waals surface area contributed by atoms with Crippen LogP contribution in [0.1, 0.15) is 17.4 Å². The van der Waals surface area contributed by atoms with Crippen molar-refractivity contribution >= 4 is 0 Å². The average molecular weight is 231 g/mol. The van der Waals surface area contributed by atoms with Gasteiger partial charge in [0.25, 0.3) is 0 Å². The molecule has 1 atom stereocenters. The van der Waals surface area contributed by atoms with E-state index >= 15 is 0 Å². The lowest BCUT2D eigenvalue weighted by Gasteiger charge is -2.10. The maximum absolute atomic E-state index is 5.63. The minimum absolute atomic E-state index is 0.0737. The first-order valence-corrected chi connectivity index (χ1v) is 5.53. The largest absolute Gasteiger partial charge is 0.491 e. The van der Waals surface area contributed by atoms with E-state index in [1.807, 2.05) is 29.9 Å². The highest BCUT2D eigenvalue weighted by Gasteiger charge is 2.28. The molecule has 1 N–H and O–H groups in total. The van der Waals surface area contributed by atoms with Crippen molar-refractivity contribution in [3.63, 3.8) is 0 Å². The number of nitrogens with one attached hydrogen (secondary N) is 1. The molecule has 0 saturated carbocycles. The first-order chi connectivity index (χ1) is 8.40. The molecule has 6 nitrogen and oxygen atoms in total. The van der Waals surface area contributed by atoms with Gasteiger partial charge in [-0.2, -0.15) is 0 Å². The maximum Gasteiger partial charge on any atom is 0.165 e. The summed E-state index contributed by atoms with van der Waals surface area (Å²) in [4.78, 5) is 0. The molecule has 1 aliphatic heterocycles. The average Bonchev–Trinajstić information content (AvgIpc) is 2.95. The third-order valence-corrected chi connectivity index (χ3v) is 2.87. The smallest absolute Gasteiger partial charge is 0.165 e. The van der Waals surface area contributed by atoms with Gasteiger partial charge in [0.1, 0.15) is 18.4 Å². The molecule has 1 unspecified atom stereocenters. The Morgan fingerprint density at radius 3 is 3.24 bits per heavy atom. The van der Waals surface area contributed by atoms with Crippen LogP contribution >= 0.6 is 0 Å². The zero-order valence-electron chi connectivity index (χ0n) is 9.50. The topological polar surface area (TPSA) is 64.9 Å². The van der Waals surface area contributed by atoms with Crippen molar-refractivity contribution in [2.75, 3.05) is 13.7 Å². The number of hydrogen-bond donors (Lipinski definition) is 1. The van der Waals surface area contributed by atoms with Gasteiger partial charge >= 0.3 is 0 Å². The molecule has 1 aromatic carbocycles. The standard InChI is InChI=1S/C11H13N5O/c1-12-6-11-13-14-15-16(11)9-7-17-10-5-3-2-4-8(9)10/h2-5,9,12H,6-7H2,1H3. The summed E-state index contributed by atoms with van der Waals surface area (Å²) in [5.74, 6) is 1.74. The monoisotopic (exact) mass is 231 g/mol. The van der Waals surface area contributed by atoms with E-state index in [1.165, 1.54) is 0 Å². The van der Waals surface area contributed by atoms with Crippen LogP contribution in [0.15, 0.2) is 24.3 Å². The minimum Gasteiger partial charge on any atom is -0.491 e. The molecule has 0 fully saturated rings. The number of rotatable bonds is 3. The van der Waals surface area contributed by atoms with Crippen LogP contribution < -0.4 is 10.1 Å². The van der Waals surface area contributed by atoms with Crippen molar-refractivity contribution in [2.24, 2.45) is 0 Å². The van der Waals surface area contributed by atoms with Crippen molar-refractivity contribution in [1.82, 2.24) is 25.5 Å². The highest BCUT2D eigenvalue weighted by atomic mass is 16.5. The molecule has 1 aromatic heterocycles. The number of tetrazole rings is 1. The number of para-hydroxylation sites is 1. The van der Waals surface area contributed by atoms with Crippen LogP contribution in [0.25, 0.3) is 0 Å². The highest BCUT2D eigenvalue weighted by molar-refractivity contribution is 5.39. The molecule has 17 heavy (non-hydrogen) atoms. The molecular formula is C11H13N5O. The Balaban J connectivity index is 1.98. The predicted octanol–water partition coefficient (Wildman–Crippen LogP) is 0.374. The van der Waals surface area contributed by atoms with Crippen molar-refractivity contribution in [3.05, 3.63) is 35.7 Å². The van der Waals surface area contributed by atoms with Gasteiger partial charge in [-0.3, -0.25) is 0 Å². The zero-order valence-corrected chi connectivity index (χ0v) is 9.50. The molecule has 0 aliphatic carbocycles. The summed E-state index contributed by atoms with van der Waals surface area (Å²) in [5, 5.41) is 14.8. The van der Waals surface area contributed by atoms with Crippen LogP contribution in [0, 0.1) is 0 Å². The van der Waals surface area contributed by atoms with Crippen molar-refractivity contribution in [1.29, 1.82) is 0 Å². The molecule has 88 valence electrons. The Kier molecular flexibility index (Phi) is 2.49. The number of hydrogen-bond acceptors (Lipinski definition) is 5. The van der Waals surface area contributed by atoms with Gasteiger partial charge in [-0.25, -0.2) is 4.68 Å². The highest BCUT2D eigenvalue weighted by Crippen LogP contribution is 2.34. The summed E-state index contributed by atoms with van der Waals surface area (Å²) < 4.78 is 7.45. The lowest BCUT2D eigenvalue weighted by molar-refractivity contribution is 0.302. The van der Waals surface area contributed by atoms with Crippen LogP contribution in [0.5, 0.6) is 5.75 Å². The summed E-state index contributed by atoms with van der Waals surface area (Å²) >= 11 is 0. The number of benzene rings is 1.